The molecule has 1 rings (SSSR count). The molecule has 1 aromatic rings. The fourth-order valence-electron chi connectivity index (χ4n) is 1.07. The Labute approximate surface area is 77.5 Å². The van der Waals surface area contributed by atoms with Gasteiger partial charge in [0.05, 0.1) is 17.6 Å². The lowest BCUT2D eigenvalue weighted by molar-refractivity contribution is 0.101. The Balaban J connectivity index is 3.25. The smallest absolute Gasteiger partial charge is 0.162 e. The third-order valence-electron chi connectivity index (χ3n) is 1.78. The molecule has 0 saturated carbocycles. The monoisotopic (exact) mass is 176 g/mol. The van der Waals surface area contributed by atoms with E-state index < -0.39 is 0 Å². The molecule has 0 amide bonds. The van der Waals surface area contributed by atoms with E-state index in [1.165, 1.54) is 6.92 Å². The maximum atomic E-state index is 11.2. The van der Waals surface area contributed by atoms with Gasteiger partial charge >= 0.3 is 0 Å². The third kappa shape index (κ3) is 1.93. The van der Waals surface area contributed by atoms with Gasteiger partial charge in [-0.1, -0.05) is 6.58 Å². The summed E-state index contributed by atoms with van der Waals surface area (Å²) < 4.78 is 0. The van der Waals surface area contributed by atoms with Crippen LogP contribution in [0.25, 0.3) is 6.08 Å². The van der Waals surface area contributed by atoms with E-state index in [1.54, 1.807) is 25.4 Å². The first-order chi connectivity index (χ1) is 6.19. The summed E-state index contributed by atoms with van der Waals surface area (Å²) in [6.45, 7) is 5.12. The van der Waals surface area contributed by atoms with Crippen molar-refractivity contribution < 1.29 is 4.79 Å². The highest BCUT2D eigenvalue weighted by Gasteiger charge is 2.06. The molecule has 68 valence electrons. The van der Waals surface area contributed by atoms with Gasteiger partial charge in [0.25, 0.3) is 0 Å². The predicted molar refractivity (Wildman–Crippen MR) is 53.9 cm³/mol. The van der Waals surface area contributed by atoms with Gasteiger partial charge in [0, 0.05) is 12.6 Å². The Morgan fingerprint density at radius 3 is 2.85 bits per heavy atom. The van der Waals surface area contributed by atoms with Gasteiger partial charge < -0.3 is 5.32 Å². The van der Waals surface area contributed by atoms with Gasteiger partial charge in [-0.25, -0.2) is 0 Å². The number of aromatic nitrogens is 1. The van der Waals surface area contributed by atoms with Gasteiger partial charge in [0.2, 0.25) is 0 Å². The summed E-state index contributed by atoms with van der Waals surface area (Å²) in [7, 11) is 1.76. The van der Waals surface area contributed by atoms with Crippen LogP contribution in [-0.2, 0) is 0 Å². The highest BCUT2D eigenvalue weighted by atomic mass is 16.1. The molecule has 1 aromatic heterocycles. The molecular formula is C10H12N2O. The van der Waals surface area contributed by atoms with E-state index in [0.29, 0.717) is 11.3 Å². The van der Waals surface area contributed by atoms with E-state index in [2.05, 4.69) is 16.9 Å². The van der Waals surface area contributed by atoms with Crippen molar-refractivity contribution in [1.29, 1.82) is 0 Å². The summed E-state index contributed by atoms with van der Waals surface area (Å²) in [6.07, 6.45) is 3.25. The lowest BCUT2D eigenvalue weighted by Crippen LogP contribution is -2.01. The topological polar surface area (TPSA) is 42.0 Å². The van der Waals surface area contributed by atoms with Crippen LogP contribution in [-0.4, -0.2) is 17.8 Å². The fourth-order valence-corrected chi connectivity index (χ4v) is 1.07. The number of rotatable bonds is 3. The lowest BCUT2D eigenvalue weighted by Gasteiger charge is -2.05. The van der Waals surface area contributed by atoms with Crippen LogP contribution in [0, 0.1) is 0 Å². The Bertz CT molecular complexity index is 345. The zero-order chi connectivity index (χ0) is 9.84. The first-order valence-electron chi connectivity index (χ1n) is 4.00. The van der Waals surface area contributed by atoms with Crippen LogP contribution in [0.15, 0.2) is 18.8 Å². The SMILES string of the molecule is C=Cc1cc(C(C)=O)c(NC)cn1. The van der Waals surface area contributed by atoms with E-state index in [-0.39, 0.29) is 5.78 Å². The fraction of sp³-hybridized carbons (Fsp3) is 0.200. The summed E-state index contributed by atoms with van der Waals surface area (Å²) in [5.41, 5.74) is 2.11. The summed E-state index contributed by atoms with van der Waals surface area (Å²) >= 11 is 0. The molecule has 0 aliphatic heterocycles. The van der Waals surface area contributed by atoms with Crippen molar-refractivity contribution in [1.82, 2.24) is 4.98 Å². The predicted octanol–water partition coefficient (Wildman–Crippen LogP) is 1.97. The molecule has 0 spiro atoms. The van der Waals surface area contributed by atoms with Crippen LogP contribution in [0.5, 0.6) is 0 Å². The molecule has 0 aliphatic rings. The summed E-state index contributed by atoms with van der Waals surface area (Å²) in [5, 5.41) is 2.91. The second-order valence-electron chi connectivity index (χ2n) is 2.67. The number of hydrogen-bond donors (Lipinski definition) is 1. The molecule has 0 aliphatic carbocycles. The molecule has 3 nitrogen and oxygen atoms in total. The molecule has 13 heavy (non-hydrogen) atoms. The van der Waals surface area contributed by atoms with Crippen molar-refractivity contribution in [3.63, 3.8) is 0 Å². The molecule has 0 radical (unpaired) electrons. The van der Waals surface area contributed by atoms with Gasteiger partial charge in [0.1, 0.15) is 0 Å². The quantitative estimate of drug-likeness (QED) is 0.716. The molecule has 0 bridgehead atoms. The first kappa shape index (κ1) is 9.45. The van der Waals surface area contributed by atoms with E-state index in [0.717, 1.165) is 5.69 Å². The van der Waals surface area contributed by atoms with Crippen molar-refractivity contribution in [3.05, 3.63) is 30.1 Å². The third-order valence-corrected chi connectivity index (χ3v) is 1.78. The van der Waals surface area contributed by atoms with Crippen molar-refractivity contribution in [3.8, 4) is 0 Å². The number of pyridine rings is 1. The average molecular weight is 176 g/mol. The number of anilines is 1. The number of nitrogens with zero attached hydrogens (tertiary/aromatic N) is 1. The normalized spacial score (nSPS) is 9.38. The Morgan fingerprint density at radius 1 is 1.69 bits per heavy atom. The van der Waals surface area contributed by atoms with Crippen LogP contribution in [0.4, 0.5) is 5.69 Å². The maximum Gasteiger partial charge on any atom is 0.162 e. The largest absolute Gasteiger partial charge is 0.386 e. The molecule has 1 heterocycles. The second kappa shape index (κ2) is 3.85. The molecule has 0 unspecified atom stereocenters. The molecule has 1 N–H and O–H groups in total. The minimum atomic E-state index is 0.0230. The Hall–Kier alpha value is -1.64. The van der Waals surface area contributed by atoms with Crippen LogP contribution < -0.4 is 5.32 Å². The van der Waals surface area contributed by atoms with Gasteiger partial charge in [-0.3, -0.25) is 9.78 Å². The van der Waals surface area contributed by atoms with E-state index in [4.69, 9.17) is 0 Å². The molecule has 0 saturated heterocycles. The van der Waals surface area contributed by atoms with E-state index >= 15 is 0 Å². The number of ketones is 1. The Kier molecular flexibility index (Phi) is 2.80. The van der Waals surface area contributed by atoms with Gasteiger partial charge in [-0.05, 0) is 19.1 Å². The van der Waals surface area contributed by atoms with Crippen molar-refractivity contribution in [2.24, 2.45) is 0 Å². The van der Waals surface area contributed by atoms with Gasteiger partial charge in [-0.15, -0.1) is 0 Å². The second-order valence-corrected chi connectivity index (χ2v) is 2.67. The summed E-state index contributed by atoms with van der Waals surface area (Å²) in [5.74, 6) is 0.0230. The highest BCUT2D eigenvalue weighted by Crippen LogP contribution is 2.15. The lowest BCUT2D eigenvalue weighted by atomic mass is 10.1. The van der Waals surface area contributed by atoms with Crippen molar-refractivity contribution in [2.45, 2.75) is 6.92 Å². The van der Waals surface area contributed by atoms with Crippen LogP contribution in [0.3, 0.4) is 0 Å². The van der Waals surface area contributed by atoms with Crippen molar-refractivity contribution in [2.75, 3.05) is 12.4 Å². The minimum Gasteiger partial charge on any atom is -0.386 e. The Morgan fingerprint density at radius 2 is 2.38 bits per heavy atom. The molecule has 3 heteroatoms. The molecule has 0 aromatic carbocycles. The van der Waals surface area contributed by atoms with Crippen LogP contribution in [0.1, 0.15) is 23.0 Å². The number of hydrogen-bond acceptors (Lipinski definition) is 3. The summed E-state index contributed by atoms with van der Waals surface area (Å²) in [4.78, 5) is 15.3. The van der Waals surface area contributed by atoms with E-state index in [9.17, 15) is 4.79 Å². The molecular weight excluding hydrogens is 164 g/mol. The number of carbonyl (C=O) groups excluding carboxylic acids is 1. The zero-order valence-electron chi connectivity index (χ0n) is 7.79. The maximum absolute atomic E-state index is 11.2. The van der Waals surface area contributed by atoms with Crippen molar-refractivity contribution >= 4 is 17.5 Å². The zero-order valence-corrected chi connectivity index (χ0v) is 7.79. The first-order valence-corrected chi connectivity index (χ1v) is 4.00. The number of carbonyl (C=O) groups is 1. The van der Waals surface area contributed by atoms with Crippen LogP contribution >= 0.6 is 0 Å². The minimum absolute atomic E-state index is 0.0230. The molecule has 0 atom stereocenters. The van der Waals surface area contributed by atoms with Gasteiger partial charge in [0.15, 0.2) is 5.78 Å². The summed E-state index contributed by atoms with van der Waals surface area (Å²) in [6, 6.07) is 1.72. The number of nitrogens with one attached hydrogen (secondary N) is 1. The highest BCUT2D eigenvalue weighted by molar-refractivity contribution is 5.99. The van der Waals surface area contributed by atoms with E-state index in [1.807, 2.05) is 0 Å². The average Bonchev–Trinajstić information content (AvgIpc) is 2.16. The van der Waals surface area contributed by atoms with Crippen LogP contribution in [0.2, 0.25) is 0 Å². The molecule has 0 fully saturated rings. The van der Waals surface area contributed by atoms with Gasteiger partial charge in [-0.2, -0.15) is 0 Å². The standard InChI is InChI=1S/C10H12N2O/c1-4-8-5-9(7(2)13)10(11-3)6-12-8/h4-6,11H,1H2,2-3H3. The number of Topliss-reactive ketones (excluding diaryl/α,β-unsaturated/α-hetero) is 1.